The van der Waals surface area contributed by atoms with Gasteiger partial charge in [-0.25, -0.2) is 4.79 Å². The molecule has 0 unspecified atom stereocenters. The van der Waals surface area contributed by atoms with Crippen LogP contribution in [0, 0.1) is 0 Å². The molecule has 0 aliphatic rings. The summed E-state index contributed by atoms with van der Waals surface area (Å²) in [4.78, 5) is 30.7. The van der Waals surface area contributed by atoms with E-state index in [4.69, 9.17) is 5.11 Å². The van der Waals surface area contributed by atoms with Gasteiger partial charge < -0.3 is 15.7 Å². The Morgan fingerprint density at radius 1 is 1.42 bits per heavy atom. The van der Waals surface area contributed by atoms with Gasteiger partial charge in [0.15, 0.2) is 0 Å². The fourth-order valence-electron chi connectivity index (χ4n) is 0.432. The molecule has 3 N–H and O–H groups in total. The maximum Gasteiger partial charge on any atom is 0.352 e. The van der Waals surface area contributed by atoms with Crippen molar-refractivity contribution >= 4 is 18.3 Å². The highest BCUT2D eigenvalue weighted by atomic mass is 16.4. The van der Waals surface area contributed by atoms with Crippen LogP contribution in [0.5, 0.6) is 0 Å². The first-order valence-electron chi connectivity index (χ1n) is 2.98. The molecule has 0 radical (unpaired) electrons. The summed E-state index contributed by atoms with van der Waals surface area (Å²) >= 11 is 0. The second-order valence-corrected chi connectivity index (χ2v) is 1.74. The Bertz CT molecular complexity index is 234. The smallest absolute Gasteiger partial charge is 0.352 e. The molecule has 0 aromatic carbocycles. The molecule has 0 fully saturated rings. The Labute approximate surface area is 68.3 Å². The number of amides is 2. The number of nitrogens with one attached hydrogen (secondary N) is 2. The van der Waals surface area contributed by atoms with Crippen LogP contribution in [0.3, 0.4) is 0 Å². The number of carbonyl (C=O) groups excluding carboxylic acids is 2. The predicted molar refractivity (Wildman–Crippen MR) is 39.0 cm³/mol. The summed E-state index contributed by atoms with van der Waals surface area (Å²) < 4.78 is 0. The minimum absolute atomic E-state index is 0.183. The zero-order valence-corrected chi connectivity index (χ0v) is 6.33. The number of rotatable bonds is 4. The molecule has 0 aliphatic carbocycles. The highest BCUT2D eigenvalue weighted by Crippen LogP contribution is 1.86. The molecule has 2 amide bonds. The first kappa shape index (κ1) is 10.2. The molecule has 0 atom stereocenters. The van der Waals surface area contributed by atoms with E-state index in [1.165, 1.54) is 7.05 Å². The van der Waals surface area contributed by atoms with Crippen molar-refractivity contribution in [3.05, 3.63) is 11.8 Å². The molecule has 6 nitrogen and oxygen atoms in total. The lowest BCUT2D eigenvalue weighted by atomic mass is 10.4. The molecule has 0 saturated heterocycles. The maximum absolute atomic E-state index is 10.6. The molecule has 0 aliphatic heterocycles. The average molecular weight is 172 g/mol. The van der Waals surface area contributed by atoms with Crippen molar-refractivity contribution in [3.63, 3.8) is 0 Å². The quantitative estimate of drug-likeness (QED) is 0.353. The van der Waals surface area contributed by atoms with Crippen LogP contribution in [0.25, 0.3) is 0 Å². The van der Waals surface area contributed by atoms with E-state index in [2.05, 4.69) is 5.32 Å². The molecular formula is C6H8N2O4. The Morgan fingerprint density at radius 2 is 2.00 bits per heavy atom. The van der Waals surface area contributed by atoms with Crippen molar-refractivity contribution in [2.75, 3.05) is 7.05 Å². The lowest BCUT2D eigenvalue weighted by Gasteiger charge is -1.97. The van der Waals surface area contributed by atoms with Crippen LogP contribution in [0.1, 0.15) is 0 Å². The average Bonchev–Trinajstić information content (AvgIpc) is 2.03. The monoisotopic (exact) mass is 172 g/mol. The molecule has 0 heterocycles. The molecule has 66 valence electrons. The highest BCUT2D eigenvalue weighted by Gasteiger charge is 2.07. The van der Waals surface area contributed by atoms with E-state index >= 15 is 0 Å². The van der Waals surface area contributed by atoms with Gasteiger partial charge in [0.2, 0.25) is 12.3 Å². The van der Waals surface area contributed by atoms with Crippen LogP contribution in [0.4, 0.5) is 0 Å². The van der Waals surface area contributed by atoms with Gasteiger partial charge in [0, 0.05) is 13.1 Å². The van der Waals surface area contributed by atoms with Gasteiger partial charge in [0.05, 0.1) is 0 Å². The summed E-state index contributed by atoms with van der Waals surface area (Å²) in [6.07, 6.45) is 0.958. The van der Waals surface area contributed by atoms with E-state index in [0.717, 1.165) is 6.08 Å². The minimum atomic E-state index is -1.37. The number of carbonyl (C=O) groups is 3. The van der Waals surface area contributed by atoms with Gasteiger partial charge in [-0.15, -0.1) is 0 Å². The van der Waals surface area contributed by atoms with Crippen molar-refractivity contribution in [2.45, 2.75) is 0 Å². The Morgan fingerprint density at radius 3 is 2.33 bits per heavy atom. The molecule has 0 aromatic heterocycles. The van der Waals surface area contributed by atoms with Gasteiger partial charge in [-0.05, 0) is 0 Å². The largest absolute Gasteiger partial charge is 0.477 e. The van der Waals surface area contributed by atoms with Crippen molar-refractivity contribution in [2.24, 2.45) is 0 Å². The lowest BCUT2D eigenvalue weighted by Crippen LogP contribution is -2.23. The van der Waals surface area contributed by atoms with Crippen LogP contribution in [-0.2, 0) is 14.4 Å². The summed E-state index contributed by atoms with van der Waals surface area (Å²) in [5.74, 6) is -1.97. The zero-order chi connectivity index (χ0) is 9.56. The van der Waals surface area contributed by atoms with E-state index < -0.39 is 17.6 Å². The third-order valence-electron chi connectivity index (χ3n) is 0.967. The number of carboxylic acids is 1. The summed E-state index contributed by atoms with van der Waals surface area (Å²) in [6.45, 7) is 0. The van der Waals surface area contributed by atoms with Gasteiger partial charge >= 0.3 is 5.97 Å². The molecule has 12 heavy (non-hydrogen) atoms. The Kier molecular flexibility index (Phi) is 4.13. The van der Waals surface area contributed by atoms with Crippen molar-refractivity contribution < 1.29 is 19.5 Å². The standard InChI is InChI=1S/C6H8N2O4/c1-7-5(10)2-4(6(11)12)8-3-9/h2-3H,1H3,(H,7,10)(H,8,9)(H,11,12)/b4-2-. The fraction of sp³-hybridized carbons (Fsp3) is 0.167. The second-order valence-electron chi connectivity index (χ2n) is 1.74. The molecule has 6 heteroatoms. The van der Waals surface area contributed by atoms with E-state index in [-0.39, 0.29) is 6.41 Å². The first-order valence-corrected chi connectivity index (χ1v) is 2.98. The zero-order valence-electron chi connectivity index (χ0n) is 6.33. The summed E-state index contributed by atoms with van der Waals surface area (Å²) in [7, 11) is 1.35. The number of hydrogen-bond donors (Lipinski definition) is 3. The van der Waals surface area contributed by atoms with Crippen molar-refractivity contribution in [1.29, 1.82) is 0 Å². The normalized spacial score (nSPS) is 10.2. The fourth-order valence-corrected chi connectivity index (χ4v) is 0.432. The number of carboxylic acid groups (broad SMARTS) is 1. The minimum Gasteiger partial charge on any atom is -0.477 e. The molecule has 0 rings (SSSR count). The topological polar surface area (TPSA) is 95.5 Å². The van der Waals surface area contributed by atoms with Gasteiger partial charge in [-0.2, -0.15) is 0 Å². The Balaban J connectivity index is 4.48. The van der Waals surface area contributed by atoms with Gasteiger partial charge in [-0.3, -0.25) is 9.59 Å². The molecule has 0 aromatic rings. The lowest BCUT2D eigenvalue weighted by molar-refractivity contribution is -0.134. The summed E-state index contributed by atoms with van der Waals surface area (Å²) in [6, 6.07) is 0. The predicted octanol–water partition coefficient (Wildman–Crippen LogP) is -1.55. The van der Waals surface area contributed by atoms with E-state index in [0.29, 0.717) is 0 Å². The number of likely N-dealkylation sites (N-methyl/N-ethyl adjacent to an activating group) is 1. The van der Waals surface area contributed by atoms with Crippen LogP contribution in [-0.4, -0.2) is 30.4 Å². The van der Waals surface area contributed by atoms with E-state index in [9.17, 15) is 14.4 Å². The van der Waals surface area contributed by atoms with Crippen molar-refractivity contribution in [3.8, 4) is 0 Å². The van der Waals surface area contributed by atoms with Crippen LogP contribution in [0.2, 0.25) is 0 Å². The highest BCUT2D eigenvalue weighted by molar-refractivity contribution is 5.98. The van der Waals surface area contributed by atoms with E-state index in [1.807, 2.05) is 5.32 Å². The van der Waals surface area contributed by atoms with Crippen LogP contribution >= 0.6 is 0 Å². The maximum atomic E-state index is 10.6. The van der Waals surface area contributed by atoms with Crippen LogP contribution in [0.15, 0.2) is 11.8 Å². The Hall–Kier alpha value is -1.85. The van der Waals surface area contributed by atoms with Gasteiger partial charge in [0.25, 0.3) is 0 Å². The third-order valence-corrected chi connectivity index (χ3v) is 0.967. The molecule has 0 spiro atoms. The van der Waals surface area contributed by atoms with Crippen molar-refractivity contribution in [1.82, 2.24) is 10.6 Å². The molecular weight excluding hydrogens is 164 g/mol. The summed E-state index contributed by atoms with van der Waals surface area (Å²) in [5, 5.41) is 12.4. The second kappa shape index (κ2) is 4.89. The molecule has 0 saturated carbocycles. The SMILES string of the molecule is CNC(=O)/C=C(\NC=O)C(=O)O. The number of aliphatic carboxylic acids is 1. The van der Waals surface area contributed by atoms with Gasteiger partial charge in [-0.1, -0.05) is 0 Å². The third kappa shape index (κ3) is 3.35. The van der Waals surface area contributed by atoms with E-state index in [1.54, 1.807) is 0 Å². The number of hydrogen-bond acceptors (Lipinski definition) is 3. The van der Waals surface area contributed by atoms with Crippen LogP contribution < -0.4 is 10.6 Å². The molecule has 0 bridgehead atoms. The van der Waals surface area contributed by atoms with Gasteiger partial charge in [0.1, 0.15) is 5.70 Å². The first-order chi connectivity index (χ1) is 5.61. The summed E-state index contributed by atoms with van der Waals surface area (Å²) in [5.41, 5.74) is -0.468.